The van der Waals surface area contributed by atoms with E-state index in [4.69, 9.17) is 5.11 Å². The Kier molecular flexibility index (Phi) is 9.59. The molecule has 0 aliphatic heterocycles. The molecule has 2 rings (SSSR count). The van der Waals surface area contributed by atoms with Gasteiger partial charge < -0.3 is 10.4 Å². The van der Waals surface area contributed by atoms with Crippen molar-refractivity contribution in [2.24, 2.45) is 0 Å². The van der Waals surface area contributed by atoms with Gasteiger partial charge in [0.15, 0.2) is 0 Å². The lowest BCUT2D eigenvalue weighted by atomic mass is 10.1. The molecular formula is C16H27NO2. The van der Waals surface area contributed by atoms with Crippen LogP contribution in [0.1, 0.15) is 51.2 Å². The number of aryl methyl sites for hydroxylation is 2. The molecule has 1 saturated carbocycles. The highest BCUT2D eigenvalue weighted by Crippen LogP contribution is 2.17. The molecule has 0 unspecified atom stereocenters. The third kappa shape index (κ3) is 9.11. The van der Waals surface area contributed by atoms with Gasteiger partial charge in [-0.15, -0.1) is 0 Å². The van der Waals surface area contributed by atoms with Crippen LogP contribution in [-0.4, -0.2) is 17.2 Å². The molecule has 1 amide bonds. The molecule has 1 aliphatic carbocycles. The second kappa shape index (κ2) is 10.4. The highest BCUT2D eigenvalue weighted by atomic mass is 16.4. The van der Waals surface area contributed by atoms with Gasteiger partial charge in [-0.3, -0.25) is 0 Å². The van der Waals surface area contributed by atoms with Crippen LogP contribution in [0.2, 0.25) is 0 Å². The zero-order valence-electron chi connectivity index (χ0n) is 12.6. The molecule has 19 heavy (non-hydrogen) atoms. The molecule has 0 spiro atoms. The van der Waals surface area contributed by atoms with Crippen molar-refractivity contribution in [2.75, 3.05) is 0 Å². The Balaban J connectivity index is 0.000000316. The van der Waals surface area contributed by atoms with E-state index in [-0.39, 0.29) is 6.04 Å². The SMILES string of the molecule is CC.CCCc1ccccc1C.O=C(O)NC1CC1. The van der Waals surface area contributed by atoms with Gasteiger partial charge in [-0.1, -0.05) is 51.5 Å². The lowest BCUT2D eigenvalue weighted by Crippen LogP contribution is -2.22. The van der Waals surface area contributed by atoms with Gasteiger partial charge >= 0.3 is 6.09 Å². The van der Waals surface area contributed by atoms with Gasteiger partial charge in [-0.05, 0) is 37.3 Å². The fourth-order valence-corrected chi connectivity index (χ4v) is 1.56. The summed E-state index contributed by atoms with van der Waals surface area (Å²) in [5.74, 6) is 0. The largest absolute Gasteiger partial charge is 0.465 e. The fraction of sp³-hybridized carbons (Fsp3) is 0.562. The van der Waals surface area contributed by atoms with E-state index in [1.807, 2.05) is 13.8 Å². The molecule has 1 aromatic rings. The predicted octanol–water partition coefficient (Wildman–Crippen LogP) is 4.39. The lowest BCUT2D eigenvalue weighted by molar-refractivity contribution is 0.194. The normalized spacial score (nSPS) is 12.4. The first-order chi connectivity index (χ1) is 9.13. The number of carboxylic acid groups (broad SMARTS) is 1. The van der Waals surface area contributed by atoms with E-state index in [0.717, 1.165) is 12.8 Å². The van der Waals surface area contributed by atoms with E-state index in [2.05, 4.69) is 43.4 Å². The van der Waals surface area contributed by atoms with E-state index >= 15 is 0 Å². The number of amides is 1. The van der Waals surface area contributed by atoms with Crippen molar-refractivity contribution < 1.29 is 9.90 Å². The average Bonchev–Trinajstić information content (AvgIpc) is 3.19. The molecule has 3 nitrogen and oxygen atoms in total. The van der Waals surface area contributed by atoms with Crippen LogP contribution in [0.5, 0.6) is 0 Å². The molecule has 0 saturated heterocycles. The molecular weight excluding hydrogens is 238 g/mol. The maximum absolute atomic E-state index is 9.74. The molecule has 1 fully saturated rings. The highest BCUT2D eigenvalue weighted by molar-refractivity contribution is 5.65. The number of rotatable bonds is 3. The van der Waals surface area contributed by atoms with Crippen molar-refractivity contribution in [3.05, 3.63) is 35.4 Å². The molecule has 1 aliphatic rings. The molecule has 2 N–H and O–H groups in total. The van der Waals surface area contributed by atoms with E-state index in [0.29, 0.717) is 0 Å². The van der Waals surface area contributed by atoms with Gasteiger partial charge in [-0.2, -0.15) is 0 Å². The lowest BCUT2D eigenvalue weighted by Gasteiger charge is -2.01. The Labute approximate surface area is 117 Å². The van der Waals surface area contributed by atoms with Crippen molar-refractivity contribution in [1.82, 2.24) is 5.32 Å². The Morgan fingerprint density at radius 2 is 1.89 bits per heavy atom. The maximum Gasteiger partial charge on any atom is 0.404 e. The van der Waals surface area contributed by atoms with E-state index in [1.54, 1.807) is 0 Å². The second-order valence-electron chi connectivity index (χ2n) is 4.40. The highest BCUT2D eigenvalue weighted by Gasteiger charge is 2.22. The number of carbonyl (C=O) groups is 1. The number of hydrogen-bond acceptors (Lipinski definition) is 1. The van der Waals surface area contributed by atoms with Crippen molar-refractivity contribution >= 4 is 6.09 Å². The molecule has 0 radical (unpaired) electrons. The van der Waals surface area contributed by atoms with Crippen LogP contribution in [0.15, 0.2) is 24.3 Å². The van der Waals surface area contributed by atoms with Crippen LogP contribution in [-0.2, 0) is 6.42 Å². The third-order valence-corrected chi connectivity index (χ3v) is 2.69. The van der Waals surface area contributed by atoms with E-state index < -0.39 is 6.09 Å². The van der Waals surface area contributed by atoms with E-state index in [9.17, 15) is 4.79 Å². The smallest absolute Gasteiger partial charge is 0.404 e. The van der Waals surface area contributed by atoms with Crippen molar-refractivity contribution in [3.8, 4) is 0 Å². The number of benzene rings is 1. The molecule has 0 aromatic heterocycles. The summed E-state index contributed by atoms with van der Waals surface area (Å²) in [6.45, 7) is 8.39. The average molecular weight is 265 g/mol. The molecule has 3 heteroatoms. The van der Waals surface area contributed by atoms with Crippen molar-refractivity contribution in [1.29, 1.82) is 0 Å². The first kappa shape index (κ1) is 17.5. The van der Waals surface area contributed by atoms with E-state index in [1.165, 1.54) is 24.0 Å². The monoisotopic (exact) mass is 265 g/mol. The molecule has 0 bridgehead atoms. The summed E-state index contributed by atoms with van der Waals surface area (Å²) < 4.78 is 0. The first-order valence-corrected chi connectivity index (χ1v) is 7.17. The minimum atomic E-state index is -0.900. The van der Waals surface area contributed by atoms with Crippen molar-refractivity contribution in [3.63, 3.8) is 0 Å². The van der Waals surface area contributed by atoms with Gasteiger partial charge in [0.2, 0.25) is 0 Å². The topological polar surface area (TPSA) is 49.3 Å². The van der Waals surface area contributed by atoms with Crippen LogP contribution in [0.4, 0.5) is 4.79 Å². The van der Waals surface area contributed by atoms with Crippen LogP contribution in [0, 0.1) is 6.92 Å². The van der Waals surface area contributed by atoms with Gasteiger partial charge in [0, 0.05) is 6.04 Å². The van der Waals surface area contributed by atoms with Gasteiger partial charge in [0.05, 0.1) is 0 Å². The summed E-state index contributed by atoms with van der Waals surface area (Å²) in [7, 11) is 0. The minimum absolute atomic E-state index is 0.275. The Morgan fingerprint density at radius 1 is 1.32 bits per heavy atom. The standard InChI is InChI=1S/C10H14.C4H7NO2.C2H6/c1-3-6-10-8-5-4-7-9(10)2;6-4(7)5-3-1-2-3;1-2/h4-5,7-8H,3,6H2,1-2H3;3,5H,1-2H2,(H,6,7);1-2H3. The molecule has 0 heterocycles. The number of nitrogens with one attached hydrogen (secondary N) is 1. The third-order valence-electron chi connectivity index (χ3n) is 2.69. The second-order valence-corrected chi connectivity index (χ2v) is 4.40. The minimum Gasteiger partial charge on any atom is -0.465 e. The summed E-state index contributed by atoms with van der Waals surface area (Å²) in [5.41, 5.74) is 2.91. The van der Waals surface area contributed by atoms with Crippen molar-refractivity contribution in [2.45, 2.75) is 59.4 Å². The fourth-order valence-electron chi connectivity index (χ4n) is 1.56. The molecule has 0 atom stereocenters. The zero-order chi connectivity index (χ0) is 14.7. The van der Waals surface area contributed by atoms with Crippen LogP contribution < -0.4 is 5.32 Å². The Morgan fingerprint density at radius 3 is 2.26 bits per heavy atom. The maximum atomic E-state index is 9.74. The predicted molar refractivity (Wildman–Crippen MR) is 80.7 cm³/mol. The Hall–Kier alpha value is -1.51. The Bertz CT molecular complexity index is 360. The summed E-state index contributed by atoms with van der Waals surface area (Å²) >= 11 is 0. The first-order valence-electron chi connectivity index (χ1n) is 7.17. The van der Waals surface area contributed by atoms with Crippen LogP contribution in [0.25, 0.3) is 0 Å². The summed E-state index contributed by atoms with van der Waals surface area (Å²) in [5, 5.41) is 10.3. The van der Waals surface area contributed by atoms with Gasteiger partial charge in [-0.25, -0.2) is 4.79 Å². The summed E-state index contributed by atoms with van der Waals surface area (Å²) in [4.78, 5) is 9.74. The number of hydrogen-bond donors (Lipinski definition) is 2. The van der Waals surface area contributed by atoms with Gasteiger partial charge in [0.25, 0.3) is 0 Å². The quantitative estimate of drug-likeness (QED) is 0.851. The summed E-state index contributed by atoms with van der Waals surface area (Å²) in [6, 6.07) is 8.86. The molecule has 108 valence electrons. The van der Waals surface area contributed by atoms with Gasteiger partial charge in [0.1, 0.15) is 0 Å². The van der Waals surface area contributed by atoms with Crippen LogP contribution in [0.3, 0.4) is 0 Å². The van der Waals surface area contributed by atoms with Crippen LogP contribution >= 0.6 is 0 Å². The zero-order valence-corrected chi connectivity index (χ0v) is 12.6. The molecule has 1 aromatic carbocycles. The summed E-state index contributed by atoms with van der Waals surface area (Å²) in [6.07, 6.45) is 3.60.